The fraction of sp³-hybridized carbons (Fsp3) is 0.500. The lowest BCUT2D eigenvalue weighted by Crippen LogP contribution is -2.25. The van der Waals surface area contributed by atoms with Crippen LogP contribution in [0.25, 0.3) is 0 Å². The van der Waals surface area contributed by atoms with Crippen molar-refractivity contribution in [2.45, 2.75) is 4.71 Å². The number of thioether (sulfide) groups is 1. The molecule has 0 aromatic heterocycles. The summed E-state index contributed by atoms with van der Waals surface area (Å²) in [7, 11) is -4.01. The molecule has 0 aromatic rings. The first-order chi connectivity index (χ1) is 4.11. The lowest BCUT2D eigenvalue weighted by Gasteiger charge is -2.01. The molecule has 1 atom stereocenters. The molecule has 7 heteroatoms. The lowest BCUT2D eigenvalue weighted by molar-refractivity contribution is 0.474. The first-order valence-corrected chi connectivity index (χ1v) is 4.31. The fourth-order valence-electron chi connectivity index (χ4n) is 0.307. The highest BCUT2D eigenvalue weighted by Gasteiger charge is 2.25. The number of hydrogen-bond donors (Lipinski definition) is 2. The Hall–Kier alpha value is -0.270. The minimum atomic E-state index is -4.01. The highest BCUT2D eigenvalue weighted by molar-refractivity contribution is 8.20. The van der Waals surface area contributed by atoms with Crippen LogP contribution in [0.4, 0.5) is 0 Å². The minimum absolute atomic E-state index is 0.784. The molecule has 0 aromatic carbocycles. The van der Waals surface area contributed by atoms with E-state index in [1.54, 1.807) is 0 Å². The number of hydrazone groups is 1. The van der Waals surface area contributed by atoms with Gasteiger partial charge < -0.3 is 0 Å². The molecule has 0 aliphatic carbocycles. The molecule has 1 unspecified atom stereocenters. The highest BCUT2D eigenvalue weighted by atomic mass is 32.3. The molecule has 1 aliphatic heterocycles. The van der Waals surface area contributed by atoms with Crippen LogP contribution in [-0.4, -0.2) is 23.2 Å². The largest absolute Gasteiger partial charge is 0.297 e. The van der Waals surface area contributed by atoms with E-state index < -0.39 is 14.8 Å². The summed E-state index contributed by atoms with van der Waals surface area (Å²) in [6, 6.07) is 0. The van der Waals surface area contributed by atoms with Crippen LogP contribution in [0.2, 0.25) is 0 Å². The molecular formula is C2H3N2O3S2. The molecule has 0 saturated heterocycles. The van der Waals surface area contributed by atoms with Gasteiger partial charge in [0.05, 0.1) is 0 Å². The Labute approximate surface area is 56.3 Å². The molecule has 5 nitrogen and oxygen atoms in total. The molecule has 1 rings (SSSR count). The Kier molecular flexibility index (Phi) is 1.64. The molecule has 0 amide bonds. The van der Waals surface area contributed by atoms with Gasteiger partial charge >= 0.3 is 0 Å². The van der Waals surface area contributed by atoms with Crippen LogP contribution in [0, 0.1) is 0 Å². The summed E-state index contributed by atoms with van der Waals surface area (Å²) >= 11 is 0.784. The van der Waals surface area contributed by atoms with Gasteiger partial charge in [0.15, 0.2) is 5.55 Å². The van der Waals surface area contributed by atoms with Gasteiger partial charge in [-0.1, -0.05) is 11.8 Å². The molecule has 51 valence electrons. The van der Waals surface area contributed by atoms with Gasteiger partial charge in [-0.05, 0) is 0 Å². The van der Waals surface area contributed by atoms with Gasteiger partial charge in [-0.2, -0.15) is 13.5 Å². The van der Waals surface area contributed by atoms with Gasteiger partial charge in [-0.15, -0.1) is 0 Å². The number of hydrogen-bond acceptors (Lipinski definition) is 5. The lowest BCUT2D eigenvalue weighted by atomic mass is 11.4. The Bertz CT molecular complexity index is 212. The van der Waals surface area contributed by atoms with Gasteiger partial charge in [-0.25, -0.2) is 0 Å². The van der Waals surface area contributed by atoms with Crippen molar-refractivity contribution in [1.82, 2.24) is 5.43 Å². The van der Waals surface area contributed by atoms with Gasteiger partial charge in [0.1, 0.15) is 0 Å². The van der Waals surface area contributed by atoms with Crippen molar-refractivity contribution < 1.29 is 13.0 Å². The van der Waals surface area contributed by atoms with E-state index in [1.165, 1.54) is 0 Å². The van der Waals surface area contributed by atoms with Crippen LogP contribution < -0.4 is 5.43 Å². The van der Waals surface area contributed by atoms with E-state index in [9.17, 15) is 8.42 Å². The molecule has 0 bridgehead atoms. The third-order valence-electron chi connectivity index (χ3n) is 0.646. The predicted molar refractivity (Wildman–Crippen MR) is 33.5 cm³/mol. The third-order valence-corrected chi connectivity index (χ3v) is 2.83. The zero-order chi connectivity index (χ0) is 6.91. The molecule has 9 heavy (non-hydrogen) atoms. The summed E-state index contributed by atoms with van der Waals surface area (Å²) < 4.78 is 27.6. The zero-order valence-corrected chi connectivity index (χ0v) is 5.74. The predicted octanol–water partition coefficient (Wildman–Crippen LogP) is -0.685. The maximum Gasteiger partial charge on any atom is 0.297 e. The molecular weight excluding hydrogens is 164 g/mol. The maximum atomic E-state index is 10.2. The summed E-state index contributed by atoms with van der Waals surface area (Å²) in [5, 5.41) is 3.26. The second kappa shape index (κ2) is 2.16. The van der Waals surface area contributed by atoms with Crippen LogP contribution in [0.3, 0.4) is 0 Å². The van der Waals surface area contributed by atoms with Crippen LogP contribution in [0.5, 0.6) is 0 Å². The van der Waals surface area contributed by atoms with Crippen molar-refractivity contribution in [2.75, 3.05) is 0 Å². The summed E-state index contributed by atoms with van der Waals surface area (Å²) in [6.07, 6.45) is 0. The summed E-state index contributed by atoms with van der Waals surface area (Å²) in [6.45, 7) is 0. The van der Waals surface area contributed by atoms with E-state index in [2.05, 4.69) is 16.1 Å². The monoisotopic (exact) mass is 167 g/mol. The minimum Gasteiger partial charge on any atom is -0.283 e. The van der Waals surface area contributed by atoms with Gasteiger partial charge in [0, 0.05) is 0 Å². The van der Waals surface area contributed by atoms with Crippen LogP contribution in [0.1, 0.15) is 0 Å². The normalized spacial score (nSPS) is 26.1. The van der Waals surface area contributed by atoms with Crippen LogP contribution in [0.15, 0.2) is 5.10 Å². The van der Waals surface area contributed by atoms with E-state index >= 15 is 0 Å². The molecule has 1 heterocycles. The molecule has 2 N–H and O–H groups in total. The van der Waals surface area contributed by atoms with Gasteiger partial charge in [0.2, 0.25) is 4.71 Å². The van der Waals surface area contributed by atoms with E-state index in [4.69, 9.17) is 4.55 Å². The average molecular weight is 167 g/mol. The first kappa shape index (κ1) is 6.84. The summed E-state index contributed by atoms with van der Waals surface area (Å²) in [5.74, 6) is 0. The molecule has 1 aliphatic rings. The quantitative estimate of drug-likeness (QED) is 0.505. The Balaban J connectivity index is 2.68. The fourth-order valence-corrected chi connectivity index (χ4v) is 1.42. The van der Waals surface area contributed by atoms with Crippen LogP contribution in [-0.2, 0) is 10.1 Å². The topological polar surface area (TPSA) is 78.8 Å². The van der Waals surface area contributed by atoms with E-state index in [1.807, 2.05) is 0 Å². The van der Waals surface area contributed by atoms with Crippen molar-refractivity contribution in [2.24, 2.45) is 5.10 Å². The van der Waals surface area contributed by atoms with Gasteiger partial charge in [0.25, 0.3) is 10.1 Å². The van der Waals surface area contributed by atoms with Gasteiger partial charge in [-0.3, -0.25) is 9.98 Å². The standard InChI is InChI=1S/C2H3N2O3S2/c5-9(6,7)2-4-3-1-8-2/h2,4H,(H,5,6,7). The van der Waals surface area contributed by atoms with Crippen molar-refractivity contribution >= 4 is 27.4 Å². The average Bonchev–Trinajstić information content (AvgIpc) is 2.08. The highest BCUT2D eigenvalue weighted by Crippen LogP contribution is 2.14. The van der Waals surface area contributed by atoms with Crippen molar-refractivity contribution in [3.8, 4) is 0 Å². The second-order valence-electron chi connectivity index (χ2n) is 1.30. The molecule has 0 saturated carbocycles. The van der Waals surface area contributed by atoms with Crippen LogP contribution >= 0.6 is 11.8 Å². The molecule has 0 spiro atoms. The van der Waals surface area contributed by atoms with E-state index in [0.29, 0.717) is 0 Å². The van der Waals surface area contributed by atoms with Crippen molar-refractivity contribution in [3.63, 3.8) is 0 Å². The van der Waals surface area contributed by atoms with E-state index in [0.717, 1.165) is 11.8 Å². The molecule has 0 fully saturated rings. The first-order valence-electron chi connectivity index (χ1n) is 1.93. The maximum absolute atomic E-state index is 10.2. The summed E-state index contributed by atoms with van der Waals surface area (Å²) in [5.41, 5.74) is 4.41. The second-order valence-corrected chi connectivity index (χ2v) is 3.99. The smallest absolute Gasteiger partial charge is 0.283 e. The SMILES string of the molecule is O=S(=O)(O)C1NN=[C]S1. The third kappa shape index (κ3) is 1.57. The number of nitrogens with zero attached hydrogens (tertiary/aromatic N) is 1. The number of nitrogens with one attached hydrogen (secondary N) is 1. The Morgan fingerprint density at radius 2 is 2.44 bits per heavy atom. The van der Waals surface area contributed by atoms with Crippen molar-refractivity contribution in [3.05, 3.63) is 0 Å². The number of rotatable bonds is 1. The summed E-state index contributed by atoms with van der Waals surface area (Å²) in [4.78, 5) is 0. The molecule has 1 radical (unpaired) electrons. The Morgan fingerprint density at radius 3 is 2.67 bits per heavy atom. The van der Waals surface area contributed by atoms with E-state index in [-0.39, 0.29) is 0 Å². The van der Waals surface area contributed by atoms with Crippen molar-refractivity contribution in [1.29, 1.82) is 0 Å². The zero-order valence-electron chi connectivity index (χ0n) is 4.10. The Morgan fingerprint density at radius 1 is 1.78 bits per heavy atom.